The van der Waals surface area contributed by atoms with Crippen LogP contribution in [0, 0.1) is 15.5 Å². The van der Waals surface area contributed by atoms with Gasteiger partial charge in [0.1, 0.15) is 5.69 Å². The minimum Gasteiger partial charge on any atom is -0.465 e. The van der Waals surface area contributed by atoms with Crippen LogP contribution in [0.25, 0.3) is 0 Å². The second-order valence-corrected chi connectivity index (χ2v) is 6.11. The van der Waals surface area contributed by atoms with Gasteiger partial charge < -0.3 is 9.64 Å². The molecule has 0 saturated carbocycles. The van der Waals surface area contributed by atoms with E-state index in [1.807, 2.05) is 11.8 Å². The van der Waals surface area contributed by atoms with Gasteiger partial charge in [-0.3, -0.25) is 10.1 Å². The number of carbonyl (C=O) groups excluding carboxylic acids is 1. The molecule has 6 heteroatoms. The van der Waals surface area contributed by atoms with Crippen molar-refractivity contribution in [3.05, 3.63) is 33.9 Å². The van der Waals surface area contributed by atoms with Crippen molar-refractivity contribution >= 4 is 17.3 Å². The quantitative estimate of drug-likeness (QED) is 0.484. The van der Waals surface area contributed by atoms with Crippen LogP contribution in [0.1, 0.15) is 38.1 Å². The fourth-order valence-electron chi connectivity index (χ4n) is 1.99. The molecular weight excluding hydrogens is 272 g/mol. The van der Waals surface area contributed by atoms with Gasteiger partial charge in [0.25, 0.3) is 5.69 Å². The van der Waals surface area contributed by atoms with E-state index >= 15 is 0 Å². The third kappa shape index (κ3) is 3.71. The molecule has 0 heterocycles. The molecule has 0 spiro atoms. The molecular formula is C15H22N2O4. The number of nitro groups is 1. The SMILES string of the molecule is COC(=O)c1ccc([N+](=O)[O-])c(N(C)C(C)C(C)(C)C)c1. The van der Waals surface area contributed by atoms with Crippen molar-refractivity contribution in [3.8, 4) is 0 Å². The molecule has 1 atom stereocenters. The Morgan fingerprint density at radius 1 is 1.38 bits per heavy atom. The molecule has 1 aromatic rings. The Morgan fingerprint density at radius 2 is 1.95 bits per heavy atom. The maximum atomic E-state index is 11.6. The lowest BCUT2D eigenvalue weighted by atomic mass is 9.87. The number of rotatable bonds is 4. The van der Waals surface area contributed by atoms with E-state index in [0.29, 0.717) is 11.3 Å². The van der Waals surface area contributed by atoms with Crippen LogP contribution < -0.4 is 4.90 Å². The van der Waals surface area contributed by atoms with Gasteiger partial charge in [-0.05, 0) is 24.5 Å². The van der Waals surface area contributed by atoms with Gasteiger partial charge in [0.2, 0.25) is 0 Å². The molecule has 0 radical (unpaired) electrons. The molecule has 0 fully saturated rings. The molecule has 0 N–H and O–H groups in total. The number of nitrogens with zero attached hydrogens (tertiary/aromatic N) is 2. The maximum Gasteiger partial charge on any atom is 0.337 e. The summed E-state index contributed by atoms with van der Waals surface area (Å²) in [5.74, 6) is -0.511. The third-order valence-corrected chi connectivity index (χ3v) is 3.81. The van der Waals surface area contributed by atoms with E-state index in [0.717, 1.165) is 0 Å². The molecule has 0 amide bonds. The molecule has 1 aromatic carbocycles. The Labute approximate surface area is 124 Å². The lowest BCUT2D eigenvalue weighted by Gasteiger charge is -2.36. The van der Waals surface area contributed by atoms with Crippen LogP contribution in [-0.2, 0) is 4.74 Å². The van der Waals surface area contributed by atoms with Gasteiger partial charge in [-0.1, -0.05) is 20.8 Å². The summed E-state index contributed by atoms with van der Waals surface area (Å²) in [6, 6.07) is 4.30. The van der Waals surface area contributed by atoms with E-state index < -0.39 is 10.9 Å². The van der Waals surface area contributed by atoms with E-state index in [2.05, 4.69) is 25.5 Å². The monoisotopic (exact) mass is 294 g/mol. The van der Waals surface area contributed by atoms with Gasteiger partial charge in [0, 0.05) is 19.2 Å². The highest BCUT2D eigenvalue weighted by Crippen LogP contribution is 2.34. The van der Waals surface area contributed by atoms with Crippen molar-refractivity contribution in [2.45, 2.75) is 33.7 Å². The summed E-state index contributed by atoms with van der Waals surface area (Å²) >= 11 is 0. The highest BCUT2D eigenvalue weighted by molar-refractivity contribution is 5.91. The lowest BCUT2D eigenvalue weighted by molar-refractivity contribution is -0.384. The summed E-state index contributed by atoms with van der Waals surface area (Å²) in [4.78, 5) is 24.2. The highest BCUT2D eigenvalue weighted by Gasteiger charge is 2.28. The average Bonchev–Trinajstić information content (AvgIpc) is 2.42. The summed E-state index contributed by atoms with van der Waals surface area (Å²) in [5.41, 5.74) is 0.613. The van der Waals surface area contributed by atoms with E-state index in [4.69, 9.17) is 0 Å². The second kappa shape index (κ2) is 6.11. The maximum absolute atomic E-state index is 11.6. The Kier molecular flexibility index (Phi) is 4.93. The van der Waals surface area contributed by atoms with Gasteiger partial charge >= 0.3 is 5.97 Å². The molecule has 21 heavy (non-hydrogen) atoms. The zero-order valence-electron chi connectivity index (χ0n) is 13.3. The molecule has 1 rings (SSSR count). The first-order valence-electron chi connectivity index (χ1n) is 6.69. The van der Waals surface area contributed by atoms with Gasteiger partial charge in [0.05, 0.1) is 17.6 Å². The minimum absolute atomic E-state index is 0.0266. The molecule has 0 aliphatic rings. The van der Waals surface area contributed by atoms with Crippen molar-refractivity contribution in [3.63, 3.8) is 0 Å². The normalized spacial score (nSPS) is 12.7. The summed E-state index contributed by atoms with van der Waals surface area (Å²) in [7, 11) is 3.07. The van der Waals surface area contributed by atoms with Crippen LogP contribution in [0.3, 0.4) is 0 Å². The molecule has 0 bridgehead atoms. The van der Waals surface area contributed by atoms with E-state index in [9.17, 15) is 14.9 Å². The molecule has 0 aromatic heterocycles. The van der Waals surface area contributed by atoms with E-state index in [1.165, 1.54) is 25.3 Å². The topological polar surface area (TPSA) is 72.7 Å². The summed E-state index contributed by atoms with van der Waals surface area (Å²) in [6.45, 7) is 8.17. The fourth-order valence-corrected chi connectivity index (χ4v) is 1.99. The number of methoxy groups -OCH3 is 1. The van der Waals surface area contributed by atoms with Crippen LogP contribution in [0.5, 0.6) is 0 Å². The van der Waals surface area contributed by atoms with E-state index in [1.54, 1.807) is 7.05 Å². The Hall–Kier alpha value is -2.11. The molecule has 0 saturated heterocycles. The smallest absolute Gasteiger partial charge is 0.337 e. The number of nitro benzene ring substituents is 1. The number of benzene rings is 1. The minimum atomic E-state index is -0.511. The zero-order valence-corrected chi connectivity index (χ0v) is 13.3. The lowest BCUT2D eigenvalue weighted by Crippen LogP contribution is -2.39. The third-order valence-electron chi connectivity index (χ3n) is 3.81. The van der Waals surface area contributed by atoms with Gasteiger partial charge in [0.15, 0.2) is 0 Å². The summed E-state index contributed by atoms with van der Waals surface area (Å²) in [5, 5.41) is 11.2. The van der Waals surface area contributed by atoms with E-state index in [-0.39, 0.29) is 17.1 Å². The first-order valence-corrected chi connectivity index (χ1v) is 6.69. The number of hydrogen-bond donors (Lipinski definition) is 0. The van der Waals surface area contributed by atoms with Crippen LogP contribution >= 0.6 is 0 Å². The van der Waals surface area contributed by atoms with Crippen molar-refractivity contribution in [2.24, 2.45) is 5.41 Å². The standard InChI is InChI=1S/C15H22N2O4/c1-10(15(2,3)4)16(5)13-9-11(14(18)21-6)7-8-12(13)17(19)20/h7-10H,1-6H3. The van der Waals surface area contributed by atoms with Crippen molar-refractivity contribution in [2.75, 3.05) is 19.1 Å². The second-order valence-electron chi connectivity index (χ2n) is 6.11. The Morgan fingerprint density at radius 3 is 2.38 bits per heavy atom. The summed E-state index contributed by atoms with van der Waals surface area (Å²) in [6.07, 6.45) is 0. The molecule has 0 aliphatic carbocycles. The number of carbonyl (C=O) groups is 1. The van der Waals surface area contributed by atoms with Crippen molar-refractivity contribution < 1.29 is 14.5 Å². The summed E-state index contributed by atoms with van der Waals surface area (Å²) < 4.78 is 4.67. The Balaban J connectivity index is 3.36. The number of anilines is 1. The largest absolute Gasteiger partial charge is 0.465 e. The molecule has 1 unspecified atom stereocenters. The number of esters is 1. The van der Waals surface area contributed by atoms with Gasteiger partial charge in [-0.25, -0.2) is 4.79 Å². The van der Waals surface area contributed by atoms with Crippen LogP contribution in [-0.4, -0.2) is 31.1 Å². The van der Waals surface area contributed by atoms with Crippen molar-refractivity contribution in [1.82, 2.24) is 0 Å². The van der Waals surface area contributed by atoms with Crippen molar-refractivity contribution in [1.29, 1.82) is 0 Å². The van der Waals surface area contributed by atoms with Gasteiger partial charge in [-0.15, -0.1) is 0 Å². The fraction of sp³-hybridized carbons (Fsp3) is 0.533. The van der Waals surface area contributed by atoms with Crippen LogP contribution in [0.2, 0.25) is 0 Å². The predicted molar refractivity (Wildman–Crippen MR) is 81.8 cm³/mol. The number of ether oxygens (including phenoxy) is 1. The first kappa shape index (κ1) is 16.9. The van der Waals surface area contributed by atoms with Crippen LogP contribution in [0.15, 0.2) is 18.2 Å². The number of hydrogen-bond acceptors (Lipinski definition) is 5. The molecule has 116 valence electrons. The van der Waals surface area contributed by atoms with Crippen LogP contribution in [0.4, 0.5) is 11.4 Å². The molecule has 6 nitrogen and oxygen atoms in total. The van der Waals surface area contributed by atoms with Gasteiger partial charge in [-0.2, -0.15) is 0 Å². The first-order chi connectivity index (χ1) is 9.59. The molecule has 0 aliphatic heterocycles. The Bertz CT molecular complexity index is 549. The highest BCUT2D eigenvalue weighted by atomic mass is 16.6. The average molecular weight is 294 g/mol. The predicted octanol–water partition coefficient (Wildman–Crippen LogP) is 3.25. The zero-order chi connectivity index (χ0) is 16.4.